The number of ether oxygens (including phenoxy) is 1. The fourth-order valence-electron chi connectivity index (χ4n) is 5.23. The molecule has 47 heavy (non-hydrogen) atoms. The minimum atomic E-state index is -4.52. The third-order valence-corrected chi connectivity index (χ3v) is 8.74. The van der Waals surface area contributed by atoms with Gasteiger partial charge in [0.2, 0.25) is 0 Å². The van der Waals surface area contributed by atoms with Crippen LogP contribution in [0.15, 0.2) is 94.5 Å². The molecule has 0 atom stereocenters. The summed E-state index contributed by atoms with van der Waals surface area (Å²) in [5, 5.41) is 7.43. The van der Waals surface area contributed by atoms with Crippen LogP contribution in [0.4, 0.5) is 13.2 Å². The van der Waals surface area contributed by atoms with Gasteiger partial charge < -0.3 is 15.0 Å². The van der Waals surface area contributed by atoms with Crippen molar-refractivity contribution in [3.05, 3.63) is 128 Å². The van der Waals surface area contributed by atoms with E-state index in [0.29, 0.717) is 20.8 Å². The van der Waals surface area contributed by atoms with Crippen molar-refractivity contribution in [1.29, 1.82) is 0 Å². The number of benzene rings is 3. The number of fused-ring (bicyclic) bond motifs is 1. The van der Waals surface area contributed by atoms with Crippen LogP contribution in [0, 0.1) is 0 Å². The van der Waals surface area contributed by atoms with Crippen LogP contribution in [0.3, 0.4) is 0 Å². The Morgan fingerprint density at radius 3 is 2.38 bits per heavy atom. The monoisotopic (exact) mass is 728 g/mol. The Morgan fingerprint density at radius 2 is 1.72 bits per heavy atom. The lowest BCUT2D eigenvalue weighted by molar-refractivity contribution is -0.153. The molecule has 2 amide bonds. The van der Waals surface area contributed by atoms with E-state index in [1.54, 1.807) is 35.3 Å². The van der Waals surface area contributed by atoms with Crippen LogP contribution in [0.25, 0.3) is 11.4 Å². The Morgan fingerprint density at radius 1 is 1.00 bits per heavy atom. The fourth-order valence-corrected chi connectivity index (χ4v) is 5.66. The number of carbonyl (C=O) groups excluding carboxylic acids is 2. The molecule has 3 aromatic carbocycles. The zero-order chi connectivity index (χ0) is 33.3. The quantitative estimate of drug-likeness (QED) is 0.219. The number of hydrogen-bond acceptors (Lipinski definition) is 5. The normalized spacial score (nSPS) is 12.9. The highest BCUT2D eigenvalue weighted by Gasteiger charge is 2.32. The SMILES string of the molecule is O=C(NCc1ccc(-n2cccn2)cc1)c1c2n(c(=O)n1-c1ccc(OCC(F)(F)F)cc1)CCN(C(=O)c1ccc(Br)c(Cl)c1)C2. The maximum atomic E-state index is 13.9. The molecule has 3 heterocycles. The Bertz CT molecular complexity index is 1990. The van der Waals surface area contributed by atoms with Gasteiger partial charge in [-0.05, 0) is 82.2 Å². The summed E-state index contributed by atoms with van der Waals surface area (Å²) < 4.78 is 47.8. The van der Waals surface area contributed by atoms with Crippen LogP contribution in [-0.4, -0.2) is 55.0 Å². The molecule has 1 aliphatic rings. The summed E-state index contributed by atoms with van der Waals surface area (Å²) in [6, 6.07) is 19.4. The summed E-state index contributed by atoms with van der Waals surface area (Å²) in [5.41, 5.74) is 1.97. The molecule has 0 fully saturated rings. The summed E-state index contributed by atoms with van der Waals surface area (Å²) in [5.74, 6) is -0.969. The van der Waals surface area contributed by atoms with Crippen LogP contribution in [0.5, 0.6) is 5.75 Å². The van der Waals surface area contributed by atoms with E-state index in [-0.39, 0.29) is 49.2 Å². The lowest BCUT2D eigenvalue weighted by Gasteiger charge is -2.28. The molecule has 1 aliphatic heterocycles. The molecule has 0 radical (unpaired) electrons. The standard InChI is InChI=1S/C32H25BrClF3N6O4/c33-25-11-4-21(16-26(25)34)30(45)40-14-15-41-27(18-40)28(29(44)38-17-20-2-5-22(6-3-20)42-13-1-12-39-42)43(31(41)46)23-7-9-24(10-8-23)47-19-32(35,36)37/h1-13,16H,14-15,17-19H2,(H,38,44). The van der Waals surface area contributed by atoms with E-state index in [0.717, 1.165) is 11.3 Å². The van der Waals surface area contributed by atoms with Crippen LogP contribution >= 0.6 is 27.5 Å². The number of rotatable bonds is 8. The van der Waals surface area contributed by atoms with Crippen molar-refractivity contribution in [3.8, 4) is 17.1 Å². The molecule has 0 saturated carbocycles. The van der Waals surface area contributed by atoms with E-state index < -0.39 is 24.4 Å². The molecule has 0 bridgehead atoms. The molecule has 0 unspecified atom stereocenters. The number of imidazole rings is 1. The summed E-state index contributed by atoms with van der Waals surface area (Å²) in [7, 11) is 0. The van der Waals surface area contributed by atoms with Gasteiger partial charge >= 0.3 is 11.9 Å². The topological polar surface area (TPSA) is 103 Å². The Balaban J connectivity index is 1.31. The minimum absolute atomic E-state index is 0.00143. The van der Waals surface area contributed by atoms with Gasteiger partial charge in [0.15, 0.2) is 6.61 Å². The van der Waals surface area contributed by atoms with Crippen molar-refractivity contribution < 1.29 is 27.5 Å². The van der Waals surface area contributed by atoms with Gasteiger partial charge in [0.25, 0.3) is 11.8 Å². The van der Waals surface area contributed by atoms with Crippen molar-refractivity contribution in [2.45, 2.75) is 25.8 Å². The number of carbonyl (C=O) groups is 2. The molecule has 10 nitrogen and oxygen atoms in total. The molecule has 15 heteroatoms. The number of nitrogens with zero attached hydrogens (tertiary/aromatic N) is 5. The van der Waals surface area contributed by atoms with Gasteiger partial charge in [-0.3, -0.25) is 18.7 Å². The molecule has 0 saturated heterocycles. The third-order valence-electron chi connectivity index (χ3n) is 7.50. The Labute approximate surface area is 279 Å². The highest BCUT2D eigenvalue weighted by atomic mass is 79.9. The highest BCUT2D eigenvalue weighted by molar-refractivity contribution is 9.10. The van der Waals surface area contributed by atoms with Gasteiger partial charge in [0, 0.05) is 42.1 Å². The lowest BCUT2D eigenvalue weighted by atomic mass is 10.1. The molecule has 0 aliphatic carbocycles. The lowest BCUT2D eigenvalue weighted by Crippen LogP contribution is -2.41. The molecule has 1 N–H and O–H groups in total. The first-order chi connectivity index (χ1) is 22.5. The van der Waals surface area contributed by atoms with Gasteiger partial charge in [-0.1, -0.05) is 23.7 Å². The van der Waals surface area contributed by atoms with Crippen LogP contribution < -0.4 is 15.7 Å². The van der Waals surface area contributed by atoms with E-state index in [1.165, 1.54) is 44.4 Å². The fraction of sp³-hybridized carbons (Fsp3) is 0.188. The second-order valence-electron chi connectivity index (χ2n) is 10.6. The molecular weight excluding hydrogens is 705 g/mol. The Hall–Kier alpha value is -4.82. The van der Waals surface area contributed by atoms with Gasteiger partial charge in [-0.25, -0.2) is 9.48 Å². The van der Waals surface area contributed by atoms with Crippen molar-refractivity contribution in [2.24, 2.45) is 0 Å². The Kier molecular flexibility index (Phi) is 8.97. The summed E-state index contributed by atoms with van der Waals surface area (Å²) >= 11 is 9.54. The van der Waals surface area contributed by atoms with E-state index >= 15 is 0 Å². The van der Waals surface area contributed by atoms with Crippen molar-refractivity contribution in [3.63, 3.8) is 0 Å². The highest BCUT2D eigenvalue weighted by Crippen LogP contribution is 2.27. The third kappa shape index (κ3) is 6.98. The smallest absolute Gasteiger partial charge is 0.422 e. The molecule has 0 spiro atoms. The number of amides is 2. The molecular formula is C32H25BrClF3N6O4. The zero-order valence-corrected chi connectivity index (χ0v) is 26.7. The van der Waals surface area contributed by atoms with Crippen LogP contribution in [-0.2, 0) is 19.6 Å². The summed E-state index contributed by atoms with van der Waals surface area (Å²) in [6.45, 7) is -1.10. The van der Waals surface area contributed by atoms with E-state index in [4.69, 9.17) is 16.3 Å². The van der Waals surface area contributed by atoms with Gasteiger partial charge in [-0.15, -0.1) is 0 Å². The number of hydrogen-bond donors (Lipinski definition) is 1. The predicted octanol–water partition coefficient (Wildman–Crippen LogP) is 5.77. The minimum Gasteiger partial charge on any atom is -0.484 e. The number of alkyl halides is 3. The average molecular weight is 730 g/mol. The van der Waals surface area contributed by atoms with Crippen LogP contribution in [0.1, 0.15) is 32.1 Å². The second-order valence-corrected chi connectivity index (χ2v) is 11.9. The average Bonchev–Trinajstić information content (AvgIpc) is 3.70. The van der Waals surface area contributed by atoms with Crippen LogP contribution in [0.2, 0.25) is 5.02 Å². The molecule has 6 rings (SSSR count). The van der Waals surface area contributed by atoms with E-state index in [9.17, 15) is 27.6 Å². The predicted molar refractivity (Wildman–Crippen MR) is 170 cm³/mol. The van der Waals surface area contributed by atoms with Crippen molar-refractivity contribution >= 4 is 39.3 Å². The molecule has 5 aromatic rings. The zero-order valence-electron chi connectivity index (χ0n) is 24.4. The maximum absolute atomic E-state index is 13.9. The first-order valence-electron chi connectivity index (χ1n) is 14.2. The van der Waals surface area contributed by atoms with Gasteiger partial charge in [0.1, 0.15) is 11.4 Å². The number of halogens is 5. The largest absolute Gasteiger partial charge is 0.484 e. The molecule has 2 aromatic heterocycles. The van der Waals surface area contributed by atoms with Gasteiger partial charge in [0.05, 0.1) is 28.6 Å². The van der Waals surface area contributed by atoms with E-state index in [2.05, 4.69) is 26.3 Å². The van der Waals surface area contributed by atoms with Crippen molar-refractivity contribution in [2.75, 3.05) is 13.2 Å². The number of aromatic nitrogens is 4. The summed E-state index contributed by atoms with van der Waals surface area (Å²) in [4.78, 5) is 42.6. The summed E-state index contributed by atoms with van der Waals surface area (Å²) in [6.07, 6.45) is -1.05. The first-order valence-corrected chi connectivity index (χ1v) is 15.4. The van der Waals surface area contributed by atoms with Crippen molar-refractivity contribution in [1.82, 2.24) is 29.1 Å². The second kappa shape index (κ2) is 13.1. The number of nitrogens with one attached hydrogen (secondary N) is 1. The maximum Gasteiger partial charge on any atom is 0.422 e. The van der Waals surface area contributed by atoms with E-state index in [1.807, 2.05) is 24.3 Å². The first kappa shape index (κ1) is 32.1. The molecule has 242 valence electrons. The van der Waals surface area contributed by atoms with Gasteiger partial charge in [-0.2, -0.15) is 18.3 Å².